The van der Waals surface area contributed by atoms with Gasteiger partial charge >= 0.3 is 0 Å². The van der Waals surface area contributed by atoms with Crippen LogP contribution in [0.4, 0.5) is 5.95 Å². The quantitative estimate of drug-likeness (QED) is 0.678. The fourth-order valence-electron chi connectivity index (χ4n) is 1.14. The summed E-state index contributed by atoms with van der Waals surface area (Å²) in [5.74, 6) is 0.619. The molecule has 74 valence electrons. The number of nitrogens with one attached hydrogen (secondary N) is 1. The Morgan fingerprint density at radius 2 is 2.23 bits per heavy atom. The number of aryl methyl sites for hydroxylation is 1. The second-order valence-corrected chi connectivity index (χ2v) is 3.26. The highest BCUT2D eigenvalue weighted by molar-refractivity contribution is 5.22. The zero-order chi connectivity index (χ0) is 9.84. The summed E-state index contributed by atoms with van der Waals surface area (Å²) in [7, 11) is 1.76. The molecule has 2 atom stereocenters. The highest BCUT2D eigenvalue weighted by Crippen LogP contribution is 2.04. The van der Waals surface area contributed by atoms with E-state index in [-0.39, 0.29) is 12.1 Å². The van der Waals surface area contributed by atoms with Crippen LogP contribution >= 0.6 is 0 Å². The molecule has 1 aromatic heterocycles. The molecule has 0 aliphatic carbocycles. The lowest BCUT2D eigenvalue weighted by molar-refractivity contribution is 0.179. The molecular weight excluding hydrogens is 170 g/mol. The number of aliphatic hydroxyl groups excluding tert-OH is 1. The standard InChI is InChI=1S/C7H15N5O/c1-5(4-6(2)13)8-7-9-10-11-12(7)3/h5-6,13H,4H2,1-3H3,(H,8,9,11). The van der Waals surface area contributed by atoms with E-state index in [2.05, 4.69) is 20.8 Å². The molecule has 0 aliphatic rings. The first-order valence-electron chi connectivity index (χ1n) is 4.26. The number of tetrazole rings is 1. The van der Waals surface area contributed by atoms with Crippen molar-refractivity contribution in [1.82, 2.24) is 20.2 Å². The lowest BCUT2D eigenvalue weighted by atomic mass is 10.2. The van der Waals surface area contributed by atoms with Crippen LogP contribution in [0.3, 0.4) is 0 Å². The van der Waals surface area contributed by atoms with E-state index in [1.165, 1.54) is 0 Å². The van der Waals surface area contributed by atoms with Crippen molar-refractivity contribution in [3.8, 4) is 0 Å². The summed E-state index contributed by atoms with van der Waals surface area (Å²) in [4.78, 5) is 0. The molecule has 0 aliphatic heterocycles. The van der Waals surface area contributed by atoms with E-state index in [4.69, 9.17) is 5.11 Å². The van der Waals surface area contributed by atoms with E-state index in [1.807, 2.05) is 6.92 Å². The molecule has 1 rings (SSSR count). The molecule has 1 heterocycles. The van der Waals surface area contributed by atoms with Crippen molar-refractivity contribution in [3.05, 3.63) is 0 Å². The summed E-state index contributed by atoms with van der Waals surface area (Å²) >= 11 is 0. The van der Waals surface area contributed by atoms with Gasteiger partial charge in [0.2, 0.25) is 5.95 Å². The van der Waals surface area contributed by atoms with Crippen molar-refractivity contribution in [2.24, 2.45) is 7.05 Å². The third-order valence-corrected chi connectivity index (χ3v) is 1.69. The minimum atomic E-state index is -0.316. The average molecular weight is 185 g/mol. The van der Waals surface area contributed by atoms with Crippen LogP contribution < -0.4 is 5.32 Å². The van der Waals surface area contributed by atoms with Gasteiger partial charge in [0.05, 0.1) is 6.10 Å². The molecule has 13 heavy (non-hydrogen) atoms. The van der Waals surface area contributed by atoms with Crippen LogP contribution in [-0.4, -0.2) is 37.5 Å². The third kappa shape index (κ3) is 2.98. The minimum Gasteiger partial charge on any atom is -0.393 e. The maximum atomic E-state index is 9.12. The largest absolute Gasteiger partial charge is 0.393 e. The zero-order valence-corrected chi connectivity index (χ0v) is 8.10. The van der Waals surface area contributed by atoms with Crippen LogP contribution in [-0.2, 0) is 7.05 Å². The van der Waals surface area contributed by atoms with Crippen LogP contribution in [0.1, 0.15) is 20.3 Å². The smallest absolute Gasteiger partial charge is 0.242 e. The molecule has 0 saturated heterocycles. The second kappa shape index (κ2) is 4.18. The first kappa shape index (κ1) is 9.91. The number of nitrogens with zero attached hydrogens (tertiary/aromatic N) is 4. The van der Waals surface area contributed by atoms with Gasteiger partial charge in [0.25, 0.3) is 0 Å². The Morgan fingerprint density at radius 1 is 1.54 bits per heavy atom. The van der Waals surface area contributed by atoms with Gasteiger partial charge in [-0.2, -0.15) is 0 Å². The van der Waals surface area contributed by atoms with Gasteiger partial charge in [-0.15, -0.1) is 0 Å². The summed E-state index contributed by atoms with van der Waals surface area (Å²) in [5.41, 5.74) is 0. The topological polar surface area (TPSA) is 75.9 Å². The van der Waals surface area contributed by atoms with E-state index in [1.54, 1.807) is 18.7 Å². The maximum absolute atomic E-state index is 9.12. The molecule has 2 N–H and O–H groups in total. The van der Waals surface area contributed by atoms with E-state index >= 15 is 0 Å². The summed E-state index contributed by atoms with van der Waals surface area (Å²) < 4.78 is 1.55. The number of hydrogen-bond donors (Lipinski definition) is 2. The van der Waals surface area contributed by atoms with Gasteiger partial charge in [-0.05, 0) is 30.7 Å². The van der Waals surface area contributed by atoms with Crippen molar-refractivity contribution in [3.63, 3.8) is 0 Å². The van der Waals surface area contributed by atoms with Crippen molar-refractivity contribution < 1.29 is 5.11 Å². The molecule has 0 amide bonds. The van der Waals surface area contributed by atoms with Gasteiger partial charge in [0.1, 0.15) is 0 Å². The number of aromatic nitrogens is 4. The van der Waals surface area contributed by atoms with Gasteiger partial charge in [-0.3, -0.25) is 0 Å². The number of rotatable bonds is 4. The molecule has 0 radical (unpaired) electrons. The minimum absolute atomic E-state index is 0.157. The first-order valence-corrected chi connectivity index (χ1v) is 4.26. The SMILES string of the molecule is CC(O)CC(C)Nc1nnnn1C. The Balaban J connectivity index is 2.45. The van der Waals surface area contributed by atoms with E-state index in [0.717, 1.165) is 0 Å². The highest BCUT2D eigenvalue weighted by atomic mass is 16.3. The molecular formula is C7H15N5O. The average Bonchev–Trinajstić information content (AvgIpc) is 2.34. The van der Waals surface area contributed by atoms with Crippen LogP contribution in [0.5, 0.6) is 0 Å². The molecule has 0 spiro atoms. The number of anilines is 1. The molecule has 6 heteroatoms. The first-order chi connectivity index (χ1) is 6.09. The Hall–Kier alpha value is -1.17. The van der Waals surface area contributed by atoms with Crippen LogP contribution in [0.25, 0.3) is 0 Å². The third-order valence-electron chi connectivity index (χ3n) is 1.69. The molecule has 0 bridgehead atoms. The maximum Gasteiger partial charge on any atom is 0.242 e. The van der Waals surface area contributed by atoms with E-state index in [9.17, 15) is 0 Å². The molecule has 1 aromatic rings. The summed E-state index contributed by atoms with van der Waals surface area (Å²) in [6.07, 6.45) is 0.357. The molecule has 6 nitrogen and oxygen atoms in total. The van der Waals surface area contributed by atoms with E-state index < -0.39 is 0 Å². The fourth-order valence-corrected chi connectivity index (χ4v) is 1.14. The van der Waals surface area contributed by atoms with Gasteiger partial charge < -0.3 is 10.4 Å². The molecule has 2 unspecified atom stereocenters. The normalized spacial score (nSPS) is 15.4. The van der Waals surface area contributed by atoms with Crippen LogP contribution in [0, 0.1) is 0 Å². The fraction of sp³-hybridized carbons (Fsp3) is 0.857. The lowest BCUT2D eigenvalue weighted by Crippen LogP contribution is -2.22. The van der Waals surface area contributed by atoms with Gasteiger partial charge in [0, 0.05) is 13.1 Å². The molecule has 0 saturated carbocycles. The van der Waals surface area contributed by atoms with Crippen LogP contribution in [0.15, 0.2) is 0 Å². The van der Waals surface area contributed by atoms with Gasteiger partial charge in [-0.25, -0.2) is 4.68 Å². The zero-order valence-electron chi connectivity index (χ0n) is 8.10. The van der Waals surface area contributed by atoms with Crippen molar-refractivity contribution in [2.75, 3.05) is 5.32 Å². The summed E-state index contributed by atoms with van der Waals surface area (Å²) in [6, 6.07) is 0.157. The predicted molar refractivity (Wildman–Crippen MR) is 48.2 cm³/mol. The van der Waals surface area contributed by atoms with Gasteiger partial charge in [-0.1, -0.05) is 5.10 Å². The van der Waals surface area contributed by atoms with Crippen molar-refractivity contribution in [2.45, 2.75) is 32.4 Å². The Labute approximate surface area is 76.9 Å². The van der Waals surface area contributed by atoms with Gasteiger partial charge in [0.15, 0.2) is 0 Å². The molecule has 0 aromatic carbocycles. The van der Waals surface area contributed by atoms with Crippen LogP contribution in [0.2, 0.25) is 0 Å². The predicted octanol–water partition coefficient (Wildman–Crippen LogP) is -0.219. The summed E-state index contributed by atoms with van der Waals surface area (Å²) in [5, 5.41) is 23.2. The van der Waals surface area contributed by atoms with Crippen molar-refractivity contribution in [1.29, 1.82) is 0 Å². The molecule has 0 fully saturated rings. The monoisotopic (exact) mass is 185 g/mol. The Bertz CT molecular complexity index is 259. The number of aliphatic hydroxyl groups is 1. The Kier molecular flexibility index (Phi) is 3.18. The second-order valence-electron chi connectivity index (χ2n) is 3.26. The highest BCUT2D eigenvalue weighted by Gasteiger charge is 2.08. The lowest BCUT2D eigenvalue weighted by Gasteiger charge is -2.14. The Morgan fingerprint density at radius 3 is 2.69 bits per heavy atom. The summed E-state index contributed by atoms with van der Waals surface area (Å²) in [6.45, 7) is 3.73. The van der Waals surface area contributed by atoms with Crippen molar-refractivity contribution >= 4 is 5.95 Å². The van der Waals surface area contributed by atoms with E-state index in [0.29, 0.717) is 12.4 Å². The number of hydrogen-bond acceptors (Lipinski definition) is 5.